The van der Waals surface area contributed by atoms with Crippen molar-refractivity contribution in [1.82, 2.24) is 10.2 Å². The van der Waals surface area contributed by atoms with E-state index in [0.717, 1.165) is 19.5 Å². The van der Waals surface area contributed by atoms with Gasteiger partial charge in [-0.25, -0.2) is 0 Å². The van der Waals surface area contributed by atoms with Crippen molar-refractivity contribution in [2.75, 3.05) is 27.2 Å². The van der Waals surface area contributed by atoms with Gasteiger partial charge in [-0.2, -0.15) is 0 Å². The van der Waals surface area contributed by atoms with Crippen molar-refractivity contribution in [3.63, 3.8) is 0 Å². The molecule has 94 valence electrons. The maximum Gasteiger partial charge on any atom is 0.308 e. The summed E-state index contributed by atoms with van der Waals surface area (Å²) in [7, 11) is 3.59. The molecule has 1 fully saturated rings. The predicted molar refractivity (Wildman–Crippen MR) is 64.3 cm³/mol. The van der Waals surface area contributed by atoms with Gasteiger partial charge < -0.3 is 15.0 Å². The second-order valence-electron chi connectivity index (χ2n) is 4.98. The Morgan fingerprint density at radius 1 is 1.56 bits per heavy atom. The molecule has 16 heavy (non-hydrogen) atoms. The maximum absolute atomic E-state index is 11.3. The summed E-state index contributed by atoms with van der Waals surface area (Å²) in [5.41, 5.74) is 0. The number of esters is 1. The highest BCUT2D eigenvalue weighted by Crippen LogP contribution is 2.11. The highest BCUT2D eigenvalue weighted by molar-refractivity contribution is 5.71. The van der Waals surface area contributed by atoms with Crippen LogP contribution >= 0.6 is 0 Å². The lowest BCUT2D eigenvalue weighted by molar-refractivity contribution is -0.145. The number of hydrogen-bond acceptors (Lipinski definition) is 4. The third-order valence-corrected chi connectivity index (χ3v) is 3.22. The van der Waals surface area contributed by atoms with E-state index >= 15 is 0 Å². The molecule has 0 aromatic heterocycles. The normalized spacial score (nSPS) is 25.4. The van der Waals surface area contributed by atoms with Crippen molar-refractivity contribution in [3.8, 4) is 0 Å². The molecule has 0 amide bonds. The van der Waals surface area contributed by atoms with Crippen LogP contribution in [0.1, 0.15) is 26.7 Å². The van der Waals surface area contributed by atoms with Crippen LogP contribution in [0.3, 0.4) is 0 Å². The van der Waals surface area contributed by atoms with Gasteiger partial charge in [0, 0.05) is 18.6 Å². The number of nitrogens with one attached hydrogen (secondary N) is 1. The number of nitrogens with zero attached hydrogens (tertiary/aromatic N) is 1. The van der Waals surface area contributed by atoms with Gasteiger partial charge in [0.1, 0.15) is 0 Å². The van der Waals surface area contributed by atoms with Crippen LogP contribution < -0.4 is 5.32 Å². The summed E-state index contributed by atoms with van der Waals surface area (Å²) in [5.74, 6) is -0.135. The summed E-state index contributed by atoms with van der Waals surface area (Å²) in [6.07, 6.45) is 2.04. The number of carbonyl (C=O) groups is 1. The van der Waals surface area contributed by atoms with Gasteiger partial charge in [0.2, 0.25) is 0 Å². The predicted octanol–water partition coefficient (Wildman–Crippen LogP) is 0.868. The van der Waals surface area contributed by atoms with Crippen LogP contribution in [0.4, 0.5) is 0 Å². The van der Waals surface area contributed by atoms with Gasteiger partial charge in [-0.15, -0.1) is 0 Å². The van der Waals surface area contributed by atoms with Crippen molar-refractivity contribution < 1.29 is 9.53 Å². The molecule has 4 heteroatoms. The average Bonchev–Trinajstić information content (AvgIpc) is 2.62. The number of rotatable bonds is 5. The Kier molecular flexibility index (Phi) is 5.22. The van der Waals surface area contributed by atoms with E-state index in [-0.39, 0.29) is 11.9 Å². The lowest BCUT2D eigenvalue weighted by Gasteiger charge is -2.21. The highest BCUT2D eigenvalue weighted by atomic mass is 16.5. The Hall–Kier alpha value is -0.610. The van der Waals surface area contributed by atoms with Gasteiger partial charge in [-0.1, -0.05) is 6.92 Å². The van der Waals surface area contributed by atoms with Crippen LogP contribution in [0, 0.1) is 5.92 Å². The molecule has 0 bridgehead atoms. The molecule has 3 unspecified atom stereocenters. The zero-order chi connectivity index (χ0) is 12.1. The molecule has 0 aliphatic carbocycles. The minimum absolute atomic E-state index is 0.0216. The van der Waals surface area contributed by atoms with Crippen LogP contribution in [0.15, 0.2) is 0 Å². The van der Waals surface area contributed by atoms with E-state index in [9.17, 15) is 4.79 Å². The van der Waals surface area contributed by atoms with Gasteiger partial charge in [-0.05, 0) is 33.4 Å². The summed E-state index contributed by atoms with van der Waals surface area (Å²) in [5, 5.41) is 3.57. The molecule has 0 radical (unpaired) electrons. The molecule has 1 rings (SSSR count). The van der Waals surface area contributed by atoms with Gasteiger partial charge >= 0.3 is 5.97 Å². The standard InChI is InChI=1S/C12H24N2O2/c1-9(12(15)16-4)7-10(2)13-11-5-6-14(3)8-11/h9-11,13H,5-8H2,1-4H3. The van der Waals surface area contributed by atoms with Gasteiger partial charge in [0.05, 0.1) is 13.0 Å². The summed E-state index contributed by atoms with van der Waals surface area (Å²) >= 11 is 0. The molecule has 1 aliphatic rings. The number of ether oxygens (including phenoxy) is 1. The third kappa shape index (κ3) is 4.10. The Morgan fingerprint density at radius 3 is 2.75 bits per heavy atom. The lowest BCUT2D eigenvalue weighted by Crippen LogP contribution is -2.39. The van der Waals surface area contributed by atoms with E-state index in [1.54, 1.807) is 0 Å². The third-order valence-electron chi connectivity index (χ3n) is 3.22. The number of likely N-dealkylation sites (tertiary alicyclic amines) is 1. The molecule has 1 N–H and O–H groups in total. The van der Waals surface area contributed by atoms with E-state index in [2.05, 4.69) is 24.2 Å². The monoisotopic (exact) mass is 228 g/mol. The summed E-state index contributed by atoms with van der Waals surface area (Å²) < 4.78 is 4.72. The first-order chi connectivity index (χ1) is 7.52. The SMILES string of the molecule is COC(=O)C(C)CC(C)NC1CCN(C)C1. The van der Waals surface area contributed by atoms with E-state index in [1.807, 2.05) is 6.92 Å². The molecule has 4 nitrogen and oxygen atoms in total. The van der Waals surface area contributed by atoms with E-state index in [0.29, 0.717) is 12.1 Å². The fourth-order valence-corrected chi connectivity index (χ4v) is 2.37. The van der Waals surface area contributed by atoms with Crippen LogP contribution in [-0.2, 0) is 9.53 Å². The second-order valence-corrected chi connectivity index (χ2v) is 4.98. The van der Waals surface area contributed by atoms with E-state index < -0.39 is 0 Å². The first-order valence-corrected chi connectivity index (χ1v) is 6.05. The number of carbonyl (C=O) groups excluding carboxylic acids is 1. The fourth-order valence-electron chi connectivity index (χ4n) is 2.37. The average molecular weight is 228 g/mol. The van der Waals surface area contributed by atoms with E-state index in [4.69, 9.17) is 4.74 Å². The summed E-state index contributed by atoms with van der Waals surface area (Å²) in [4.78, 5) is 13.6. The number of methoxy groups -OCH3 is 1. The molecule has 0 spiro atoms. The Bertz CT molecular complexity index is 233. The second kappa shape index (κ2) is 6.21. The van der Waals surface area contributed by atoms with Gasteiger partial charge in [0.15, 0.2) is 0 Å². The lowest BCUT2D eigenvalue weighted by atomic mass is 10.0. The molecule has 0 aromatic rings. The molecule has 1 saturated heterocycles. The molecule has 0 saturated carbocycles. The van der Waals surface area contributed by atoms with Gasteiger partial charge in [-0.3, -0.25) is 4.79 Å². The quantitative estimate of drug-likeness (QED) is 0.709. The zero-order valence-electron chi connectivity index (χ0n) is 10.8. The van der Waals surface area contributed by atoms with Crippen LogP contribution in [-0.4, -0.2) is 50.2 Å². The molecule has 1 aliphatic heterocycles. The smallest absolute Gasteiger partial charge is 0.308 e. The van der Waals surface area contributed by atoms with Crippen molar-refractivity contribution in [3.05, 3.63) is 0 Å². The molecular weight excluding hydrogens is 204 g/mol. The Labute approximate surface area is 98.3 Å². The molecule has 1 heterocycles. The first-order valence-electron chi connectivity index (χ1n) is 6.05. The van der Waals surface area contributed by atoms with Crippen LogP contribution in [0.2, 0.25) is 0 Å². The number of likely N-dealkylation sites (N-methyl/N-ethyl adjacent to an activating group) is 1. The van der Waals surface area contributed by atoms with Crippen LogP contribution in [0.25, 0.3) is 0 Å². The molecule has 3 atom stereocenters. The topological polar surface area (TPSA) is 41.6 Å². The minimum Gasteiger partial charge on any atom is -0.469 e. The van der Waals surface area contributed by atoms with Crippen molar-refractivity contribution in [2.24, 2.45) is 5.92 Å². The van der Waals surface area contributed by atoms with Crippen molar-refractivity contribution in [2.45, 2.75) is 38.8 Å². The molecule has 0 aromatic carbocycles. The van der Waals surface area contributed by atoms with Crippen molar-refractivity contribution >= 4 is 5.97 Å². The van der Waals surface area contributed by atoms with E-state index in [1.165, 1.54) is 13.5 Å². The first kappa shape index (κ1) is 13.5. The largest absolute Gasteiger partial charge is 0.469 e. The zero-order valence-corrected chi connectivity index (χ0v) is 10.8. The Balaban J connectivity index is 2.25. The fraction of sp³-hybridized carbons (Fsp3) is 0.917. The Morgan fingerprint density at radius 2 is 2.25 bits per heavy atom. The molecular formula is C12H24N2O2. The maximum atomic E-state index is 11.3. The van der Waals surface area contributed by atoms with Crippen LogP contribution in [0.5, 0.6) is 0 Å². The summed E-state index contributed by atoms with van der Waals surface area (Å²) in [6, 6.07) is 0.940. The number of hydrogen-bond donors (Lipinski definition) is 1. The highest BCUT2D eigenvalue weighted by Gasteiger charge is 2.23. The summed E-state index contributed by atoms with van der Waals surface area (Å²) in [6.45, 7) is 6.33. The van der Waals surface area contributed by atoms with Crippen molar-refractivity contribution in [1.29, 1.82) is 0 Å². The minimum atomic E-state index is -0.114. The van der Waals surface area contributed by atoms with Gasteiger partial charge in [0.25, 0.3) is 0 Å².